The molecule has 0 N–H and O–H groups in total. The number of nitriles is 1. The maximum absolute atomic E-state index is 13.2. The van der Waals surface area contributed by atoms with Crippen molar-refractivity contribution in [1.82, 2.24) is 0 Å². The first-order valence-corrected chi connectivity index (χ1v) is 4.51. The molecule has 0 amide bonds. The van der Waals surface area contributed by atoms with Gasteiger partial charge in [-0.15, -0.1) is 11.6 Å². The first-order valence-electron chi connectivity index (χ1n) is 3.98. The lowest BCUT2D eigenvalue weighted by Crippen LogP contribution is -1.89. The lowest BCUT2D eigenvalue weighted by molar-refractivity contribution is 0.615. The van der Waals surface area contributed by atoms with Crippen LogP contribution < -0.4 is 0 Å². The van der Waals surface area contributed by atoms with E-state index in [4.69, 9.17) is 16.9 Å². The van der Waals surface area contributed by atoms with Crippen LogP contribution in [-0.2, 0) is 6.42 Å². The zero-order chi connectivity index (χ0) is 10.4. The van der Waals surface area contributed by atoms with Crippen LogP contribution in [0.15, 0.2) is 18.2 Å². The number of nitrogens with zero attached hydrogens (tertiary/aromatic N) is 1. The monoisotopic (exact) mass is 207 g/mol. The summed E-state index contributed by atoms with van der Waals surface area (Å²) in [5.74, 6) is 5.15. The van der Waals surface area contributed by atoms with E-state index in [0.29, 0.717) is 11.1 Å². The summed E-state index contributed by atoms with van der Waals surface area (Å²) in [6, 6.07) is 6.44. The number of halogens is 2. The molecule has 0 saturated heterocycles. The molecule has 0 fully saturated rings. The van der Waals surface area contributed by atoms with E-state index in [0.717, 1.165) is 0 Å². The average molecular weight is 208 g/mol. The molecule has 1 rings (SSSR count). The zero-order valence-electron chi connectivity index (χ0n) is 7.35. The van der Waals surface area contributed by atoms with Crippen LogP contribution in [0.4, 0.5) is 4.39 Å². The van der Waals surface area contributed by atoms with E-state index < -0.39 is 5.82 Å². The molecule has 0 spiro atoms. The molecule has 1 aromatic rings. The van der Waals surface area contributed by atoms with Crippen molar-refractivity contribution in [2.75, 3.05) is 5.88 Å². The predicted octanol–water partition coefficient (Wildman–Crippen LogP) is 2.48. The molecular weight excluding hydrogens is 201 g/mol. The standard InChI is InChI=1S/C11H7ClFN/c12-6-1-2-9-3-4-10(5-7-14)11(13)8-9/h3-4,8H,5-6H2. The Morgan fingerprint density at radius 1 is 1.43 bits per heavy atom. The second-order valence-corrected chi connectivity index (χ2v) is 2.84. The van der Waals surface area contributed by atoms with Crippen LogP contribution in [0.25, 0.3) is 0 Å². The van der Waals surface area contributed by atoms with Crippen LogP contribution in [0, 0.1) is 29.0 Å². The fraction of sp³-hybridized carbons (Fsp3) is 0.182. The molecule has 0 bridgehead atoms. The van der Waals surface area contributed by atoms with Gasteiger partial charge in [-0.1, -0.05) is 17.9 Å². The van der Waals surface area contributed by atoms with Crippen molar-refractivity contribution in [2.24, 2.45) is 0 Å². The molecule has 0 radical (unpaired) electrons. The third-order valence-corrected chi connectivity index (χ3v) is 1.76. The maximum Gasteiger partial charge on any atom is 0.128 e. The molecule has 0 aliphatic heterocycles. The molecule has 0 aliphatic carbocycles. The highest BCUT2D eigenvalue weighted by Gasteiger charge is 2.01. The lowest BCUT2D eigenvalue weighted by Gasteiger charge is -1.97. The van der Waals surface area contributed by atoms with Gasteiger partial charge < -0.3 is 0 Å². The summed E-state index contributed by atoms with van der Waals surface area (Å²) < 4.78 is 13.2. The minimum atomic E-state index is -0.395. The Labute approximate surface area is 87.1 Å². The highest BCUT2D eigenvalue weighted by atomic mass is 35.5. The molecule has 0 saturated carbocycles. The molecule has 0 aliphatic rings. The number of rotatable bonds is 1. The fourth-order valence-corrected chi connectivity index (χ4v) is 1.06. The van der Waals surface area contributed by atoms with E-state index in [1.165, 1.54) is 6.07 Å². The van der Waals surface area contributed by atoms with Crippen molar-refractivity contribution in [2.45, 2.75) is 6.42 Å². The first kappa shape index (κ1) is 10.6. The summed E-state index contributed by atoms with van der Waals surface area (Å²) in [5.41, 5.74) is 0.966. The number of benzene rings is 1. The highest BCUT2D eigenvalue weighted by Crippen LogP contribution is 2.10. The van der Waals surface area contributed by atoms with E-state index in [1.807, 2.05) is 6.07 Å². The van der Waals surface area contributed by atoms with Crippen molar-refractivity contribution in [3.8, 4) is 17.9 Å². The minimum Gasteiger partial charge on any atom is -0.207 e. The molecule has 1 aromatic carbocycles. The minimum absolute atomic E-state index is 0.0784. The van der Waals surface area contributed by atoms with E-state index in [-0.39, 0.29) is 12.3 Å². The predicted molar refractivity (Wildman–Crippen MR) is 53.3 cm³/mol. The normalized spacial score (nSPS) is 8.64. The second-order valence-electron chi connectivity index (χ2n) is 2.58. The van der Waals surface area contributed by atoms with Crippen LogP contribution in [-0.4, -0.2) is 5.88 Å². The van der Waals surface area contributed by atoms with Gasteiger partial charge in [0, 0.05) is 11.1 Å². The van der Waals surface area contributed by atoms with Gasteiger partial charge in [0.2, 0.25) is 0 Å². The third kappa shape index (κ3) is 2.76. The van der Waals surface area contributed by atoms with Crippen molar-refractivity contribution in [3.63, 3.8) is 0 Å². The molecule has 0 heterocycles. The molecule has 0 aromatic heterocycles. The topological polar surface area (TPSA) is 23.8 Å². The number of hydrogen-bond acceptors (Lipinski definition) is 1. The second kappa shape index (κ2) is 5.27. The van der Waals surface area contributed by atoms with Crippen LogP contribution >= 0.6 is 11.6 Å². The summed E-state index contributed by atoms with van der Waals surface area (Å²) in [7, 11) is 0. The molecule has 3 heteroatoms. The van der Waals surface area contributed by atoms with Crippen molar-refractivity contribution in [3.05, 3.63) is 35.1 Å². The van der Waals surface area contributed by atoms with Crippen molar-refractivity contribution >= 4 is 11.6 Å². The van der Waals surface area contributed by atoms with Gasteiger partial charge in [-0.2, -0.15) is 5.26 Å². The number of hydrogen-bond donors (Lipinski definition) is 0. The summed E-state index contributed by atoms with van der Waals surface area (Å²) in [4.78, 5) is 0. The van der Waals surface area contributed by atoms with Crippen LogP contribution in [0.5, 0.6) is 0 Å². The van der Waals surface area contributed by atoms with Crippen LogP contribution in [0.1, 0.15) is 11.1 Å². The van der Waals surface area contributed by atoms with Gasteiger partial charge >= 0.3 is 0 Å². The van der Waals surface area contributed by atoms with E-state index in [9.17, 15) is 4.39 Å². The van der Waals surface area contributed by atoms with E-state index >= 15 is 0 Å². The summed E-state index contributed by atoms with van der Waals surface area (Å²) in [5, 5.41) is 8.39. The van der Waals surface area contributed by atoms with Gasteiger partial charge in [0.15, 0.2) is 0 Å². The Balaban J connectivity index is 2.95. The Bertz CT molecular complexity index is 423. The average Bonchev–Trinajstić information content (AvgIpc) is 2.19. The molecule has 1 nitrogen and oxygen atoms in total. The molecule has 0 atom stereocenters. The van der Waals surface area contributed by atoms with Crippen LogP contribution in [0.2, 0.25) is 0 Å². The van der Waals surface area contributed by atoms with Crippen molar-refractivity contribution < 1.29 is 4.39 Å². The molecular formula is C11H7ClFN. The highest BCUT2D eigenvalue weighted by molar-refractivity contribution is 6.19. The quantitative estimate of drug-likeness (QED) is 0.513. The van der Waals surface area contributed by atoms with Gasteiger partial charge in [-0.05, 0) is 12.1 Å². The zero-order valence-corrected chi connectivity index (χ0v) is 8.11. The SMILES string of the molecule is N#CCc1ccc(C#CCCl)cc1F. The number of alkyl halides is 1. The van der Waals surface area contributed by atoms with Gasteiger partial charge in [-0.25, -0.2) is 4.39 Å². The Hall–Kier alpha value is -1.51. The molecule has 70 valence electrons. The fourth-order valence-electron chi connectivity index (χ4n) is 0.989. The van der Waals surface area contributed by atoms with Crippen LogP contribution in [0.3, 0.4) is 0 Å². The van der Waals surface area contributed by atoms with E-state index in [2.05, 4.69) is 11.8 Å². The summed E-state index contributed by atoms with van der Waals surface area (Å²) in [6.07, 6.45) is 0.0784. The summed E-state index contributed by atoms with van der Waals surface area (Å²) >= 11 is 5.36. The maximum atomic E-state index is 13.2. The smallest absolute Gasteiger partial charge is 0.128 e. The Kier molecular flexibility index (Phi) is 3.98. The van der Waals surface area contributed by atoms with Gasteiger partial charge in [-0.3, -0.25) is 0 Å². The molecule has 14 heavy (non-hydrogen) atoms. The lowest BCUT2D eigenvalue weighted by atomic mass is 10.1. The van der Waals surface area contributed by atoms with E-state index in [1.54, 1.807) is 12.1 Å². The molecule has 0 unspecified atom stereocenters. The first-order chi connectivity index (χ1) is 6.77. The van der Waals surface area contributed by atoms with Gasteiger partial charge in [0.05, 0.1) is 18.4 Å². The third-order valence-electron chi connectivity index (χ3n) is 1.62. The Morgan fingerprint density at radius 3 is 2.79 bits per heavy atom. The van der Waals surface area contributed by atoms with Crippen molar-refractivity contribution in [1.29, 1.82) is 5.26 Å². The largest absolute Gasteiger partial charge is 0.207 e. The van der Waals surface area contributed by atoms with Gasteiger partial charge in [0.1, 0.15) is 5.82 Å². The Morgan fingerprint density at radius 2 is 2.21 bits per heavy atom. The summed E-state index contributed by atoms with van der Waals surface area (Å²) in [6.45, 7) is 0. The van der Waals surface area contributed by atoms with Gasteiger partial charge in [0.25, 0.3) is 0 Å².